The van der Waals surface area contributed by atoms with Gasteiger partial charge in [0.15, 0.2) is 0 Å². The summed E-state index contributed by atoms with van der Waals surface area (Å²) in [5.74, 6) is 0.0936. The fourth-order valence-electron chi connectivity index (χ4n) is 2.96. The Balaban J connectivity index is 1.47. The molecule has 0 bridgehead atoms. The number of amides is 2. The van der Waals surface area contributed by atoms with E-state index in [9.17, 15) is 18.0 Å². The van der Waals surface area contributed by atoms with Gasteiger partial charge < -0.3 is 15.4 Å². The Hall–Kier alpha value is -1.97. The van der Waals surface area contributed by atoms with E-state index in [-0.39, 0.29) is 35.7 Å². The van der Waals surface area contributed by atoms with Crippen LogP contribution in [0.5, 0.6) is 0 Å². The maximum absolute atomic E-state index is 12.6. The zero-order valence-electron chi connectivity index (χ0n) is 15.3. The van der Waals surface area contributed by atoms with Crippen LogP contribution < -0.4 is 10.6 Å². The van der Waals surface area contributed by atoms with Gasteiger partial charge in [0.1, 0.15) is 0 Å². The van der Waals surface area contributed by atoms with Crippen LogP contribution >= 0.6 is 0 Å². The second-order valence-corrected chi connectivity index (χ2v) is 8.91. The lowest BCUT2D eigenvalue weighted by Gasteiger charge is -2.26. The molecule has 9 heteroatoms. The smallest absolute Gasteiger partial charge is 0.243 e. The third-order valence-corrected chi connectivity index (χ3v) is 6.80. The number of carbonyl (C=O) groups is 2. The van der Waals surface area contributed by atoms with Crippen LogP contribution in [0.2, 0.25) is 0 Å². The van der Waals surface area contributed by atoms with Crippen LogP contribution in [0.15, 0.2) is 29.2 Å². The second-order valence-electron chi connectivity index (χ2n) is 6.97. The zero-order chi connectivity index (χ0) is 19.4. The Morgan fingerprint density at radius 1 is 1.15 bits per heavy atom. The molecule has 2 fully saturated rings. The molecule has 1 heterocycles. The fraction of sp³-hybridized carbons (Fsp3) is 0.556. The first-order chi connectivity index (χ1) is 12.9. The first-order valence-corrected chi connectivity index (χ1v) is 10.5. The normalized spacial score (nSPS) is 22.9. The summed E-state index contributed by atoms with van der Waals surface area (Å²) in [4.78, 5) is 23.8. The fourth-order valence-corrected chi connectivity index (χ4v) is 4.37. The van der Waals surface area contributed by atoms with Gasteiger partial charge in [-0.15, -0.1) is 0 Å². The van der Waals surface area contributed by atoms with Crippen molar-refractivity contribution in [3.05, 3.63) is 29.8 Å². The lowest BCUT2D eigenvalue weighted by molar-refractivity contribution is -0.127. The van der Waals surface area contributed by atoms with E-state index in [1.165, 1.54) is 4.31 Å². The number of nitrogens with one attached hydrogen (secondary N) is 2. The van der Waals surface area contributed by atoms with Crippen LogP contribution in [0.25, 0.3) is 0 Å². The molecule has 1 aliphatic heterocycles. The SMILES string of the molecule is C[C@@H]1C[C@H]1C(=O)NCC(=O)NCc1ccc(S(=O)(=O)N2CCOCC2)cc1. The molecule has 2 amide bonds. The minimum absolute atomic E-state index is 0.0405. The third-order valence-electron chi connectivity index (χ3n) is 4.89. The van der Waals surface area contributed by atoms with E-state index < -0.39 is 10.0 Å². The van der Waals surface area contributed by atoms with Crippen LogP contribution in [0, 0.1) is 11.8 Å². The number of ether oxygens (including phenoxy) is 1. The van der Waals surface area contributed by atoms with Gasteiger partial charge in [-0.05, 0) is 30.0 Å². The lowest BCUT2D eigenvalue weighted by atomic mass is 10.2. The zero-order valence-corrected chi connectivity index (χ0v) is 16.1. The molecule has 3 rings (SSSR count). The molecular weight excluding hydrogens is 370 g/mol. The van der Waals surface area contributed by atoms with Gasteiger partial charge in [0.25, 0.3) is 0 Å². The van der Waals surface area contributed by atoms with Crippen LogP contribution in [-0.4, -0.2) is 57.4 Å². The van der Waals surface area contributed by atoms with E-state index in [2.05, 4.69) is 10.6 Å². The summed E-state index contributed by atoms with van der Waals surface area (Å²) in [5.41, 5.74) is 0.784. The number of nitrogens with zero attached hydrogens (tertiary/aromatic N) is 1. The van der Waals surface area contributed by atoms with Crippen molar-refractivity contribution in [1.29, 1.82) is 0 Å². The summed E-state index contributed by atoms with van der Waals surface area (Å²) in [6.45, 7) is 3.74. The highest BCUT2D eigenvalue weighted by molar-refractivity contribution is 7.89. The average Bonchev–Trinajstić information content (AvgIpc) is 3.42. The predicted octanol–water partition coefficient (Wildman–Crippen LogP) is 0.0959. The monoisotopic (exact) mass is 395 g/mol. The first-order valence-electron chi connectivity index (χ1n) is 9.09. The number of hydrogen-bond donors (Lipinski definition) is 2. The Kier molecular flexibility index (Phi) is 6.13. The number of sulfonamides is 1. The molecule has 1 aliphatic carbocycles. The summed E-state index contributed by atoms with van der Waals surface area (Å²) >= 11 is 0. The minimum atomic E-state index is -3.52. The number of hydrogen-bond acceptors (Lipinski definition) is 5. The van der Waals surface area contributed by atoms with Gasteiger partial charge in [-0.3, -0.25) is 9.59 Å². The predicted molar refractivity (Wildman–Crippen MR) is 98.1 cm³/mol. The highest BCUT2D eigenvalue weighted by Gasteiger charge is 2.38. The second kappa shape index (κ2) is 8.37. The van der Waals surface area contributed by atoms with E-state index in [4.69, 9.17) is 4.74 Å². The van der Waals surface area contributed by atoms with Crippen molar-refractivity contribution in [3.8, 4) is 0 Å². The first kappa shape index (κ1) is 19.8. The molecule has 2 N–H and O–H groups in total. The number of benzene rings is 1. The van der Waals surface area contributed by atoms with Gasteiger partial charge in [0.05, 0.1) is 24.7 Å². The summed E-state index contributed by atoms with van der Waals surface area (Å²) < 4.78 is 31.7. The summed E-state index contributed by atoms with van der Waals surface area (Å²) in [7, 11) is -3.52. The summed E-state index contributed by atoms with van der Waals surface area (Å²) in [5, 5.41) is 5.35. The number of rotatable bonds is 7. The highest BCUT2D eigenvalue weighted by atomic mass is 32.2. The highest BCUT2D eigenvalue weighted by Crippen LogP contribution is 2.37. The van der Waals surface area contributed by atoms with E-state index in [0.29, 0.717) is 32.2 Å². The molecular formula is C18H25N3O5S. The Bertz CT molecular complexity index is 788. The molecule has 27 heavy (non-hydrogen) atoms. The molecule has 1 aromatic carbocycles. The Labute approximate surface area is 159 Å². The Morgan fingerprint density at radius 2 is 1.78 bits per heavy atom. The van der Waals surface area contributed by atoms with Crippen molar-refractivity contribution >= 4 is 21.8 Å². The number of carbonyl (C=O) groups excluding carboxylic acids is 2. The largest absolute Gasteiger partial charge is 0.379 e. The molecule has 0 aromatic heterocycles. The van der Waals surface area contributed by atoms with Crippen molar-refractivity contribution in [3.63, 3.8) is 0 Å². The molecule has 1 aromatic rings. The molecule has 8 nitrogen and oxygen atoms in total. The minimum Gasteiger partial charge on any atom is -0.379 e. The third kappa shape index (κ3) is 5.06. The summed E-state index contributed by atoms with van der Waals surface area (Å²) in [6, 6.07) is 6.45. The number of morpholine rings is 1. The quantitative estimate of drug-likeness (QED) is 0.681. The molecule has 2 aliphatic rings. The maximum atomic E-state index is 12.6. The van der Waals surface area contributed by atoms with Gasteiger partial charge in [0, 0.05) is 25.6 Å². The maximum Gasteiger partial charge on any atom is 0.243 e. The summed E-state index contributed by atoms with van der Waals surface area (Å²) in [6.07, 6.45) is 0.882. The average molecular weight is 395 g/mol. The van der Waals surface area contributed by atoms with Gasteiger partial charge in [-0.2, -0.15) is 4.31 Å². The van der Waals surface area contributed by atoms with E-state index >= 15 is 0 Å². The topological polar surface area (TPSA) is 105 Å². The molecule has 0 unspecified atom stereocenters. The van der Waals surface area contributed by atoms with Gasteiger partial charge in [0.2, 0.25) is 21.8 Å². The van der Waals surface area contributed by atoms with Crippen molar-refractivity contribution in [1.82, 2.24) is 14.9 Å². The molecule has 0 radical (unpaired) electrons. The molecule has 1 saturated carbocycles. The van der Waals surface area contributed by atoms with Crippen LogP contribution in [0.3, 0.4) is 0 Å². The van der Waals surface area contributed by atoms with Gasteiger partial charge in [-0.25, -0.2) is 8.42 Å². The van der Waals surface area contributed by atoms with Crippen LogP contribution in [-0.2, 0) is 30.9 Å². The van der Waals surface area contributed by atoms with Crippen LogP contribution in [0.4, 0.5) is 0 Å². The Morgan fingerprint density at radius 3 is 2.37 bits per heavy atom. The lowest BCUT2D eigenvalue weighted by Crippen LogP contribution is -2.40. The molecule has 148 valence electrons. The van der Waals surface area contributed by atoms with E-state index in [1.807, 2.05) is 6.92 Å². The molecule has 0 spiro atoms. The van der Waals surface area contributed by atoms with Gasteiger partial charge in [-0.1, -0.05) is 19.1 Å². The van der Waals surface area contributed by atoms with Gasteiger partial charge >= 0.3 is 0 Å². The van der Waals surface area contributed by atoms with Crippen LogP contribution in [0.1, 0.15) is 18.9 Å². The standard InChI is InChI=1S/C18H25N3O5S/c1-13-10-16(13)18(23)20-12-17(22)19-11-14-2-4-15(5-3-14)27(24,25)21-6-8-26-9-7-21/h2-5,13,16H,6-12H2,1H3,(H,19,22)(H,20,23)/t13-,16-/m1/s1. The van der Waals surface area contributed by atoms with E-state index in [0.717, 1.165) is 12.0 Å². The van der Waals surface area contributed by atoms with Crippen molar-refractivity contribution in [2.24, 2.45) is 11.8 Å². The van der Waals surface area contributed by atoms with Crippen molar-refractivity contribution in [2.45, 2.75) is 24.8 Å². The van der Waals surface area contributed by atoms with Crippen molar-refractivity contribution < 1.29 is 22.7 Å². The van der Waals surface area contributed by atoms with Crippen molar-refractivity contribution in [2.75, 3.05) is 32.8 Å². The molecule has 1 saturated heterocycles. The molecule has 2 atom stereocenters. The van der Waals surface area contributed by atoms with E-state index in [1.54, 1.807) is 24.3 Å².